The summed E-state index contributed by atoms with van der Waals surface area (Å²) in [6, 6.07) is 21.7. The van der Waals surface area contributed by atoms with Crippen LogP contribution in [0.15, 0.2) is 91.5 Å². The van der Waals surface area contributed by atoms with Crippen molar-refractivity contribution in [3.63, 3.8) is 0 Å². The molecular formula is C47H51N17O2S3. The highest BCUT2D eigenvalue weighted by Gasteiger charge is 2.20. The van der Waals surface area contributed by atoms with Gasteiger partial charge in [-0.25, -0.2) is 15.0 Å². The number of anilines is 6. The van der Waals surface area contributed by atoms with Crippen LogP contribution in [0.2, 0.25) is 0 Å². The first-order valence-electron chi connectivity index (χ1n) is 22.1. The van der Waals surface area contributed by atoms with Crippen molar-refractivity contribution >= 4 is 105 Å². The molecule has 10 aromatic heterocycles. The van der Waals surface area contributed by atoms with E-state index in [0.717, 1.165) is 104 Å². The van der Waals surface area contributed by atoms with Gasteiger partial charge in [-0.15, -0.1) is 34.0 Å². The van der Waals surface area contributed by atoms with Gasteiger partial charge in [0, 0.05) is 82.2 Å². The summed E-state index contributed by atoms with van der Waals surface area (Å²) in [5.41, 5.74) is 28.5. The Morgan fingerprint density at radius 2 is 1.22 bits per heavy atom. The Labute approximate surface area is 408 Å². The van der Waals surface area contributed by atoms with E-state index in [-0.39, 0.29) is 11.9 Å². The molecule has 1 aliphatic heterocycles. The van der Waals surface area contributed by atoms with Crippen LogP contribution in [-0.2, 0) is 16.1 Å². The number of rotatable bonds is 14. The lowest BCUT2D eigenvalue weighted by molar-refractivity contribution is -0.127. The van der Waals surface area contributed by atoms with Crippen molar-refractivity contribution in [1.29, 1.82) is 0 Å². The number of carbonyl (C=O) groups is 1. The maximum absolute atomic E-state index is 11.7. The molecule has 1 amide bonds. The smallest absolute Gasteiger partial charge is 0.222 e. The van der Waals surface area contributed by atoms with Crippen molar-refractivity contribution in [2.45, 2.75) is 39.3 Å². The van der Waals surface area contributed by atoms with Crippen molar-refractivity contribution in [3.8, 4) is 31.7 Å². The van der Waals surface area contributed by atoms with E-state index < -0.39 is 0 Å². The number of likely N-dealkylation sites (tertiary alicyclic amines) is 1. The molecule has 1 aliphatic rings. The molecule has 0 aromatic carbocycles. The highest BCUT2D eigenvalue weighted by atomic mass is 32.1. The van der Waals surface area contributed by atoms with E-state index in [1.54, 1.807) is 59.7 Å². The normalized spacial score (nSPS) is 12.8. The molecule has 354 valence electrons. The third-order valence-electron chi connectivity index (χ3n) is 11.0. The SMILES string of the molecule is COC[C@@H](C)Nc1cc(N)nc2cc(-c3ccn[nH]3)sc12.Cc1cccnc1CNc1cc(N)nc2cc(-c3ccn[nH]3)sc12.Nc1cc(NCCN2CCCC2=O)c2sc(-c3ccn[nH]3)cc2n1. The summed E-state index contributed by atoms with van der Waals surface area (Å²) in [4.78, 5) is 34.5. The second kappa shape index (κ2) is 21.1. The molecule has 69 heavy (non-hydrogen) atoms. The number of thiophene rings is 3. The Hall–Kier alpha value is -7.66. The third kappa shape index (κ3) is 11.0. The summed E-state index contributed by atoms with van der Waals surface area (Å²) in [7, 11) is 1.69. The van der Waals surface area contributed by atoms with Gasteiger partial charge in [0.15, 0.2) is 0 Å². The predicted molar refractivity (Wildman–Crippen MR) is 280 cm³/mol. The van der Waals surface area contributed by atoms with Gasteiger partial charge < -0.3 is 42.8 Å². The van der Waals surface area contributed by atoms with E-state index >= 15 is 0 Å². The Morgan fingerprint density at radius 1 is 0.710 bits per heavy atom. The van der Waals surface area contributed by atoms with E-state index in [1.165, 1.54) is 0 Å². The van der Waals surface area contributed by atoms with Gasteiger partial charge in [-0.1, -0.05) is 6.07 Å². The Bertz CT molecular complexity index is 3290. The number of hydrogen-bond donors (Lipinski definition) is 9. The third-order valence-corrected chi connectivity index (χ3v) is 14.6. The number of ether oxygens (including phenoxy) is 1. The monoisotopic (exact) mass is 981 g/mol. The van der Waals surface area contributed by atoms with E-state index in [4.69, 9.17) is 21.9 Å². The van der Waals surface area contributed by atoms with Gasteiger partial charge in [0.2, 0.25) is 5.91 Å². The molecule has 0 spiro atoms. The predicted octanol–water partition coefficient (Wildman–Crippen LogP) is 8.60. The zero-order chi connectivity index (χ0) is 47.9. The van der Waals surface area contributed by atoms with Crippen LogP contribution < -0.4 is 33.2 Å². The van der Waals surface area contributed by atoms with Crippen LogP contribution in [0.5, 0.6) is 0 Å². The average molecular weight is 982 g/mol. The second-order valence-electron chi connectivity index (χ2n) is 16.2. The molecule has 12 N–H and O–H groups in total. The molecule has 0 saturated carbocycles. The van der Waals surface area contributed by atoms with Crippen LogP contribution in [0.25, 0.3) is 62.4 Å². The standard InChI is InChI=1S/C17H16N6S.C16H18N6OS.C14H17N5OS/c1-10-3-2-5-19-14(10)9-20-12-8-16(18)22-13-7-15(24-17(12)13)11-4-6-21-23-11;17-14-9-11(18-5-7-22-6-1-2-15(22)23)16-12(20-14)8-13(24-16)10-3-4-19-21-10;1-8(7-20-2)17-11-6-13(15)18-10-5-12(21-14(10)11)9-3-4-16-19-9/h2-8H,9H2,1H3,(H,21,23)(H3,18,20,22);3-4,8-9H,1-2,5-7H2,(H,19,21)(H3,17,18,20);3-6,8H,7H2,1-2H3,(H,16,19)(H3,15,17,18)/t;;8-/m..1/s1. The first kappa shape index (κ1) is 46.5. The minimum absolute atomic E-state index is 0.192. The first-order chi connectivity index (χ1) is 33.6. The molecule has 22 heteroatoms. The molecule has 0 aliphatic carbocycles. The lowest BCUT2D eigenvalue weighted by Gasteiger charge is -2.16. The zero-order valence-corrected chi connectivity index (χ0v) is 40.5. The van der Waals surface area contributed by atoms with Crippen LogP contribution in [0.3, 0.4) is 0 Å². The van der Waals surface area contributed by atoms with Gasteiger partial charge in [-0.05, 0) is 68.3 Å². The number of carbonyl (C=O) groups excluding carboxylic acids is 1. The minimum Gasteiger partial charge on any atom is -0.384 e. The molecule has 0 radical (unpaired) electrons. The first-order valence-corrected chi connectivity index (χ1v) is 24.5. The summed E-state index contributed by atoms with van der Waals surface area (Å²) in [5, 5.41) is 31.2. The topological polar surface area (TPSA) is 281 Å². The van der Waals surface area contributed by atoms with E-state index in [0.29, 0.717) is 50.1 Å². The van der Waals surface area contributed by atoms with Crippen LogP contribution in [0.1, 0.15) is 31.0 Å². The quantitative estimate of drug-likeness (QED) is 0.0493. The van der Waals surface area contributed by atoms with Gasteiger partial charge >= 0.3 is 0 Å². The second-order valence-corrected chi connectivity index (χ2v) is 19.4. The van der Waals surface area contributed by atoms with Gasteiger partial charge in [0.1, 0.15) is 17.5 Å². The summed E-state index contributed by atoms with van der Waals surface area (Å²) in [6.07, 6.45) is 8.65. The van der Waals surface area contributed by atoms with Crippen molar-refractivity contribution in [2.75, 3.05) is 66.5 Å². The van der Waals surface area contributed by atoms with E-state index in [1.807, 2.05) is 71.8 Å². The highest BCUT2D eigenvalue weighted by Crippen LogP contribution is 2.39. The number of nitrogens with one attached hydrogen (secondary N) is 6. The average Bonchev–Trinajstić information content (AvgIpc) is 4.18. The summed E-state index contributed by atoms with van der Waals surface area (Å²) in [5.74, 6) is 1.73. The Kier molecular flexibility index (Phi) is 14.2. The molecule has 0 unspecified atom stereocenters. The molecule has 1 saturated heterocycles. The summed E-state index contributed by atoms with van der Waals surface area (Å²) in [6.45, 7) is 7.66. The number of nitrogen functional groups attached to an aromatic ring is 3. The van der Waals surface area contributed by atoms with Crippen molar-refractivity contribution in [2.24, 2.45) is 0 Å². The van der Waals surface area contributed by atoms with E-state index in [9.17, 15) is 4.79 Å². The number of fused-ring (bicyclic) bond motifs is 3. The van der Waals surface area contributed by atoms with Gasteiger partial charge in [0.05, 0.1) is 98.3 Å². The number of aryl methyl sites for hydroxylation is 1. The number of methoxy groups -OCH3 is 1. The van der Waals surface area contributed by atoms with Crippen molar-refractivity contribution in [1.82, 2.24) is 55.4 Å². The van der Waals surface area contributed by atoms with Crippen molar-refractivity contribution in [3.05, 3.63) is 103 Å². The lowest BCUT2D eigenvalue weighted by atomic mass is 10.2. The zero-order valence-electron chi connectivity index (χ0n) is 38.0. The van der Waals surface area contributed by atoms with Gasteiger partial charge in [-0.3, -0.25) is 25.1 Å². The number of hydrogen-bond acceptors (Lipinski definition) is 18. The van der Waals surface area contributed by atoms with Gasteiger partial charge in [-0.2, -0.15) is 15.3 Å². The molecule has 11 rings (SSSR count). The number of H-pyrrole nitrogens is 3. The molecule has 10 aromatic rings. The van der Waals surface area contributed by atoms with Crippen LogP contribution in [0.4, 0.5) is 34.5 Å². The molecule has 19 nitrogen and oxygen atoms in total. The molecular weight excluding hydrogens is 931 g/mol. The Balaban J connectivity index is 0.000000129. The lowest BCUT2D eigenvalue weighted by Crippen LogP contribution is -2.29. The number of amides is 1. The van der Waals surface area contributed by atoms with Crippen molar-refractivity contribution < 1.29 is 9.53 Å². The maximum Gasteiger partial charge on any atom is 0.222 e. The molecule has 11 heterocycles. The van der Waals surface area contributed by atoms with Crippen LogP contribution >= 0.6 is 34.0 Å². The highest BCUT2D eigenvalue weighted by molar-refractivity contribution is 7.23. The molecule has 0 bridgehead atoms. The fourth-order valence-corrected chi connectivity index (χ4v) is 11.0. The summed E-state index contributed by atoms with van der Waals surface area (Å²) >= 11 is 4.96. The number of pyridine rings is 4. The fraction of sp³-hybridized carbons (Fsp3) is 0.234. The molecule has 1 fully saturated rings. The number of aromatic amines is 3. The maximum atomic E-state index is 11.7. The van der Waals surface area contributed by atoms with Crippen LogP contribution in [0, 0.1) is 6.92 Å². The number of nitrogens with zero attached hydrogens (tertiary/aromatic N) is 8. The van der Waals surface area contributed by atoms with Gasteiger partial charge in [0.25, 0.3) is 0 Å². The van der Waals surface area contributed by atoms with Crippen LogP contribution in [-0.4, -0.2) is 101 Å². The number of nitrogens with two attached hydrogens (primary N) is 3. The largest absolute Gasteiger partial charge is 0.384 e. The number of aromatic nitrogens is 10. The van der Waals surface area contributed by atoms with E-state index in [2.05, 4.69) is 86.4 Å². The fourth-order valence-electron chi connectivity index (χ4n) is 7.78. The Morgan fingerprint density at radius 3 is 1.68 bits per heavy atom. The summed E-state index contributed by atoms with van der Waals surface area (Å²) < 4.78 is 8.37. The minimum atomic E-state index is 0.192. The molecule has 1 atom stereocenters.